The Labute approximate surface area is 176 Å². The minimum Gasteiger partial charge on any atom is -0.395 e. The highest BCUT2D eigenvalue weighted by Gasteiger charge is 2.22. The van der Waals surface area contributed by atoms with Crippen molar-refractivity contribution in [2.24, 2.45) is 20.0 Å². The fourth-order valence-electron chi connectivity index (χ4n) is 3.95. The van der Waals surface area contributed by atoms with Crippen molar-refractivity contribution in [3.05, 3.63) is 63.1 Å². The molecule has 0 aliphatic heterocycles. The minimum absolute atomic E-state index is 0.00400. The lowest BCUT2D eigenvalue weighted by atomic mass is 10.0. The first-order valence-electron chi connectivity index (χ1n) is 10.3. The Balaban J connectivity index is 1.82. The van der Waals surface area contributed by atoms with Crippen molar-refractivity contribution in [1.29, 1.82) is 0 Å². The van der Waals surface area contributed by atoms with Gasteiger partial charge in [-0.05, 0) is 17.9 Å². The number of aromatic nitrogens is 4. The number of benzene rings is 1. The van der Waals surface area contributed by atoms with Crippen LogP contribution in [0.5, 0.6) is 0 Å². The van der Waals surface area contributed by atoms with Gasteiger partial charge < -0.3 is 9.67 Å². The van der Waals surface area contributed by atoms with Gasteiger partial charge in [-0.2, -0.15) is 0 Å². The monoisotopic (exact) mass is 413 g/mol. The Morgan fingerprint density at radius 2 is 1.83 bits per heavy atom. The van der Waals surface area contributed by atoms with Gasteiger partial charge in [-0.15, -0.1) is 0 Å². The third-order valence-corrected chi connectivity index (χ3v) is 5.68. The van der Waals surface area contributed by atoms with Gasteiger partial charge in [0.25, 0.3) is 5.56 Å². The second-order valence-corrected chi connectivity index (χ2v) is 8.13. The Morgan fingerprint density at radius 3 is 2.47 bits per heavy atom. The second kappa shape index (κ2) is 9.40. The molecule has 0 radical (unpaired) electrons. The lowest BCUT2D eigenvalue weighted by molar-refractivity contribution is 0.0824. The van der Waals surface area contributed by atoms with Gasteiger partial charge in [0.05, 0.1) is 12.9 Å². The standard InChI is InChI=1S/C22H31N5O3/c1-16(2)18(14-28)26(13-17-9-6-5-7-10-17)11-8-12-27-21(29)19-20(23-15-24(19)3)25(4)22(27)30/h5-7,9-10,15-16,18,28H,8,11-14H2,1-4H3. The number of imidazole rings is 1. The normalized spacial score (nSPS) is 12.9. The zero-order chi connectivity index (χ0) is 21.8. The molecule has 1 atom stereocenters. The van der Waals surface area contributed by atoms with Crippen molar-refractivity contribution in [2.45, 2.75) is 39.4 Å². The van der Waals surface area contributed by atoms with Crippen LogP contribution in [-0.4, -0.2) is 47.9 Å². The van der Waals surface area contributed by atoms with Gasteiger partial charge in [-0.25, -0.2) is 9.78 Å². The lowest BCUT2D eigenvalue weighted by Crippen LogP contribution is -2.43. The van der Waals surface area contributed by atoms with Crippen LogP contribution in [0, 0.1) is 5.92 Å². The van der Waals surface area contributed by atoms with E-state index >= 15 is 0 Å². The van der Waals surface area contributed by atoms with E-state index < -0.39 is 0 Å². The fraction of sp³-hybridized carbons (Fsp3) is 0.500. The Bertz CT molecular complexity index is 1100. The van der Waals surface area contributed by atoms with Crippen LogP contribution in [0.1, 0.15) is 25.8 Å². The molecule has 1 aromatic carbocycles. The molecule has 0 saturated carbocycles. The predicted molar refractivity (Wildman–Crippen MR) is 117 cm³/mol. The molecule has 1 unspecified atom stereocenters. The maximum absolute atomic E-state index is 12.9. The van der Waals surface area contributed by atoms with Gasteiger partial charge >= 0.3 is 5.69 Å². The van der Waals surface area contributed by atoms with Crippen molar-refractivity contribution in [2.75, 3.05) is 13.2 Å². The highest BCUT2D eigenvalue weighted by Crippen LogP contribution is 2.15. The van der Waals surface area contributed by atoms with Crippen LogP contribution in [0.15, 0.2) is 46.2 Å². The Morgan fingerprint density at radius 1 is 1.13 bits per heavy atom. The predicted octanol–water partition coefficient (Wildman–Crippen LogP) is 1.34. The van der Waals surface area contributed by atoms with Gasteiger partial charge in [0.2, 0.25) is 0 Å². The SMILES string of the molecule is CC(C)C(CO)N(CCCn1c(=O)c2c(ncn2C)n(C)c1=O)Cc1ccccc1. The quantitative estimate of drug-likeness (QED) is 0.572. The van der Waals surface area contributed by atoms with Crippen LogP contribution in [0.25, 0.3) is 11.2 Å². The number of aliphatic hydroxyl groups is 1. The highest BCUT2D eigenvalue weighted by molar-refractivity contribution is 5.69. The van der Waals surface area contributed by atoms with E-state index in [-0.39, 0.29) is 29.8 Å². The van der Waals surface area contributed by atoms with Gasteiger partial charge in [0, 0.05) is 39.8 Å². The summed E-state index contributed by atoms with van der Waals surface area (Å²) in [6, 6.07) is 10.1. The van der Waals surface area contributed by atoms with Crippen LogP contribution in [0.2, 0.25) is 0 Å². The Kier molecular flexibility index (Phi) is 6.89. The maximum atomic E-state index is 12.9. The first-order chi connectivity index (χ1) is 14.3. The van der Waals surface area contributed by atoms with E-state index in [2.05, 4.69) is 35.9 Å². The van der Waals surface area contributed by atoms with Gasteiger partial charge in [-0.3, -0.25) is 18.8 Å². The summed E-state index contributed by atoms with van der Waals surface area (Å²) in [4.78, 5) is 32.0. The molecule has 3 rings (SSSR count). The number of fused-ring (bicyclic) bond motifs is 1. The number of rotatable bonds is 9. The fourth-order valence-corrected chi connectivity index (χ4v) is 3.95. The molecule has 0 aliphatic carbocycles. The third-order valence-electron chi connectivity index (χ3n) is 5.68. The van der Waals surface area contributed by atoms with Crippen LogP contribution < -0.4 is 11.2 Å². The summed E-state index contributed by atoms with van der Waals surface area (Å²) in [6.07, 6.45) is 2.17. The molecule has 0 aliphatic rings. The van der Waals surface area contributed by atoms with E-state index in [0.29, 0.717) is 37.2 Å². The van der Waals surface area contributed by atoms with Crippen LogP contribution >= 0.6 is 0 Å². The number of aliphatic hydroxyl groups excluding tert-OH is 1. The van der Waals surface area contributed by atoms with E-state index in [1.165, 1.54) is 14.7 Å². The zero-order valence-electron chi connectivity index (χ0n) is 18.2. The van der Waals surface area contributed by atoms with Crippen molar-refractivity contribution in [1.82, 2.24) is 23.6 Å². The maximum Gasteiger partial charge on any atom is 0.332 e. The first-order valence-corrected chi connectivity index (χ1v) is 10.3. The van der Waals surface area contributed by atoms with E-state index in [9.17, 15) is 14.7 Å². The van der Waals surface area contributed by atoms with Crippen molar-refractivity contribution in [3.8, 4) is 0 Å². The van der Waals surface area contributed by atoms with E-state index in [0.717, 1.165) is 0 Å². The van der Waals surface area contributed by atoms with Gasteiger partial charge in [-0.1, -0.05) is 44.2 Å². The van der Waals surface area contributed by atoms with Crippen LogP contribution in [0.4, 0.5) is 0 Å². The summed E-state index contributed by atoms with van der Waals surface area (Å²) in [7, 11) is 3.39. The summed E-state index contributed by atoms with van der Waals surface area (Å²) < 4.78 is 4.35. The molecule has 0 bridgehead atoms. The average Bonchev–Trinajstić information content (AvgIpc) is 3.11. The van der Waals surface area contributed by atoms with Crippen molar-refractivity contribution < 1.29 is 5.11 Å². The number of aryl methyl sites for hydroxylation is 2. The molecule has 1 N–H and O–H groups in total. The molecule has 0 spiro atoms. The van der Waals surface area contributed by atoms with Crippen LogP contribution in [-0.2, 0) is 27.2 Å². The number of nitrogens with zero attached hydrogens (tertiary/aromatic N) is 5. The summed E-state index contributed by atoms with van der Waals surface area (Å²) in [5.41, 5.74) is 1.32. The van der Waals surface area contributed by atoms with E-state index in [1.807, 2.05) is 18.2 Å². The molecule has 8 heteroatoms. The van der Waals surface area contributed by atoms with Crippen LogP contribution in [0.3, 0.4) is 0 Å². The van der Waals surface area contributed by atoms with Crippen molar-refractivity contribution in [3.63, 3.8) is 0 Å². The van der Waals surface area contributed by atoms with E-state index in [1.54, 1.807) is 25.0 Å². The van der Waals surface area contributed by atoms with E-state index in [4.69, 9.17) is 0 Å². The smallest absolute Gasteiger partial charge is 0.332 e. The second-order valence-electron chi connectivity index (χ2n) is 8.13. The van der Waals surface area contributed by atoms with Gasteiger partial charge in [0.1, 0.15) is 0 Å². The topological polar surface area (TPSA) is 85.3 Å². The molecule has 162 valence electrons. The summed E-state index contributed by atoms with van der Waals surface area (Å²) in [6.45, 7) is 5.93. The van der Waals surface area contributed by atoms with Gasteiger partial charge in [0.15, 0.2) is 11.2 Å². The number of hydrogen-bond acceptors (Lipinski definition) is 5. The number of hydrogen-bond donors (Lipinski definition) is 1. The largest absolute Gasteiger partial charge is 0.395 e. The van der Waals surface area contributed by atoms with Crippen molar-refractivity contribution >= 4 is 11.2 Å². The molecule has 2 heterocycles. The third kappa shape index (κ3) is 4.39. The molecule has 3 aromatic rings. The Hall–Kier alpha value is -2.71. The molecule has 2 aromatic heterocycles. The highest BCUT2D eigenvalue weighted by atomic mass is 16.3. The molecule has 0 amide bonds. The average molecular weight is 414 g/mol. The molecule has 8 nitrogen and oxygen atoms in total. The first kappa shape index (κ1) is 22.0. The molecular formula is C22H31N5O3. The molecule has 0 fully saturated rings. The lowest BCUT2D eigenvalue weighted by Gasteiger charge is -2.33. The molecule has 0 saturated heterocycles. The summed E-state index contributed by atoms with van der Waals surface area (Å²) in [5.74, 6) is 0.278. The summed E-state index contributed by atoms with van der Waals surface area (Å²) >= 11 is 0. The molecular weight excluding hydrogens is 382 g/mol. The zero-order valence-corrected chi connectivity index (χ0v) is 18.2. The minimum atomic E-state index is -0.358. The summed E-state index contributed by atoms with van der Waals surface area (Å²) in [5, 5.41) is 9.95. The molecule has 30 heavy (non-hydrogen) atoms.